The van der Waals surface area contributed by atoms with E-state index in [0.717, 1.165) is 22.4 Å². The fourth-order valence-corrected chi connectivity index (χ4v) is 1.80. The number of hydrogen-bond donors (Lipinski definition) is 0. The molecule has 2 aromatic carbocycles. The fourth-order valence-electron chi connectivity index (χ4n) is 1.80. The predicted octanol–water partition coefficient (Wildman–Crippen LogP) is 4.16. The maximum Gasteiger partial charge on any atom is 0.120 e. The summed E-state index contributed by atoms with van der Waals surface area (Å²) in [6, 6.07) is 14.1. The Bertz CT molecular complexity index is 628. The summed E-state index contributed by atoms with van der Waals surface area (Å²) in [6.07, 6.45) is 9.61. The van der Waals surface area contributed by atoms with Gasteiger partial charge in [0.15, 0.2) is 0 Å². The van der Waals surface area contributed by atoms with Gasteiger partial charge >= 0.3 is 0 Å². The number of methoxy groups -OCH3 is 1. The molecule has 0 atom stereocenters. The molecule has 19 heavy (non-hydrogen) atoms. The summed E-state index contributed by atoms with van der Waals surface area (Å²) in [6.45, 7) is 2.08. The standard InChI is InChI=1S/C18H16O/c1-4-16-13-18(19-3)12-11-17(16)10-9-15-7-5-14(2)6-8-15/h1,5-13H,2-3H3. The molecule has 0 fully saturated rings. The van der Waals surface area contributed by atoms with Crippen molar-refractivity contribution in [1.29, 1.82) is 0 Å². The fraction of sp³-hybridized carbons (Fsp3) is 0.111. The van der Waals surface area contributed by atoms with E-state index in [1.807, 2.05) is 24.3 Å². The van der Waals surface area contributed by atoms with Gasteiger partial charge in [0.1, 0.15) is 5.75 Å². The Kier molecular flexibility index (Phi) is 4.05. The molecule has 0 saturated carbocycles. The zero-order chi connectivity index (χ0) is 13.7. The van der Waals surface area contributed by atoms with Gasteiger partial charge in [-0.05, 0) is 30.2 Å². The van der Waals surface area contributed by atoms with Crippen molar-refractivity contribution in [3.63, 3.8) is 0 Å². The topological polar surface area (TPSA) is 9.23 Å². The minimum Gasteiger partial charge on any atom is -0.497 e. The zero-order valence-electron chi connectivity index (χ0n) is 11.2. The molecule has 0 amide bonds. The van der Waals surface area contributed by atoms with Crippen molar-refractivity contribution in [2.24, 2.45) is 0 Å². The van der Waals surface area contributed by atoms with E-state index in [1.165, 1.54) is 5.56 Å². The minimum atomic E-state index is 0.778. The summed E-state index contributed by atoms with van der Waals surface area (Å²) in [4.78, 5) is 0. The molecule has 0 bridgehead atoms. The molecule has 0 aromatic heterocycles. The molecule has 0 spiro atoms. The van der Waals surface area contributed by atoms with Gasteiger partial charge in [-0.2, -0.15) is 0 Å². The first kappa shape index (κ1) is 13.0. The third kappa shape index (κ3) is 3.26. The molecule has 0 saturated heterocycles. The average molecular weight is 248 g/mol. The summed E-state index contributed by atoms with van der Waals surface area (Å²) in [7, 11) is 1.64. The first-order valence-electron chi connectivity index (χ1n) is 6.12. The highest BCUT2D eigenvalue weighted by Crippen LogP contribution is 2.19. The Morgan fingerprint density at radius 2 is 1.79 bits per heavy atom. The highest BCUT2D eigenvalue weighted by molar-refractivity contribution is 5.73. The van der Waals surface area contributed by atoms with E-state index < -0.39 is 0 Å². The molecule has 0 N–H and O–H groups in total. The second kappa shape index (κ2) is 5.93. The van der Waals surface area contributed by atoms with Gasteiger partial charge in [-0.15, -0.1) is 6.42 Å². The molecule has 0 aliphatic rings. The lowest BCUT2D eigenvalue weighted by Gasteiger charge is -2.03. The lowest BCUT2D eigenvalue weighted by molar-refractivity contribution is 0.414. The molecule has 0 radical (unpaired) electrons. The van der Waals surface area contributed by atoms with Crippen LogP contribution in [0.15, 0.2) is 42.5 Å². The van der Waals surface area contributed by atoms with E-state index in [-0.39, 0.29) is 0 Å². The highest BCUT2D eigenvalue weighted by atomic mass is 16.5. The van der Waals surface area contributed by atoms with Crippen LogP contribution >= 0.6 is 0 Å². The number of hydrogen-bond acceptors (Lipinski definition) is 1. The minimum absolute atomic E-state index is 0.778. The number of benzene rings is 2. The van der Waals surface area contributed by atoms with Crippen LogP contribution in [0.1, 0.15) is 22.3 Å². The molecule has 0 aliphatic carbocycles. The monoisotopic (exact) mass is 248 g/mol. The van der Waals surface area contributed by atoms with Crippen molar-refractivity contribution in [1.82, 2.24) is 0 Å². The summed E-state index contributed by atoms with van der Waals surface area (Å²) in [5.74, 6) is 3.46. The van der Waals surface area contributed by atoms with Gasteiger partial charge in [0.2, 0.25) is 0 Å². The summed E-state index contributed by atoms with van der Waals surface area (Å²) in [5.41, 5.74) is 4.27. The van der Waals surface area contributed by atoms with Crippen molar-refractivity contribution in [2.75, 3.05) is 7.11 Å². The van der Waals surface area contributed by atoms with Crippen molar-refractivity contribution >= 4 is 12.2 Å². The van der Waals surface area contributed by atoms with Crippen molar-refractivity contribution in [3.8, 4) is 18.1 Å². The van der Waals surface area contributed by atoms with Gasteiger partial charge < -0.3 is 4.74 Å². The van der Waals surface area contributed by atoms with E-state index in [1.54, 1.807) is 7.11 Å². The Balaban J connectivity index is 2.28. The van der Waals surface area contributed by atoms with E-state index >= 15 is 0 Å². The molecule has 0 unspecified atom stereocenters. The maximum atomic E-state index is 5.52. The summed E-state index contributed by atoms with van der Waals surface area (Å²) in [5, 5.41) is 0. The number of aryl methyl sites for hydroxylation is 1. The van der Waals surface area contributed by atoms with Crippen LogP contribution in [-0.2, 0) is 0 Å². The summed E-state index contributed by atoms with van der Waals surface area (Å²) < 4.78 is 5.17. The third-order valence-corrected chi connectivity index (χ3v) is 2.95. The van der Waals surface area contributed by atoms with Crippen LogP contribution < -0.4 is 4.74 Å². The average Bonchev–Trinajstić information content (AvgIpc) is 2.46. The molecule has 0 aliphatic heterocycles. The third-order valence-electron chi connectivity index (χ3n) is 2.95. The normalized spacial score (nSPS) is 10.4. The van der Waals surface area contributed by atoms with Crippen LogP contribution in [0.4, 0.5) is 0 Å². The van der Waals surface area contributed by atoms with Crippen LogP contribution in [0.25, 0.3) is 12.2 Å². The maximum absolute atomic E-state index is 5.52. The number of ether oxygens (including phenoxy) is 1. The van der Waals surface area contributed by atoms with Gasteiger partial charge in [0.25, 0.3) is 0 Å². The molecule has 2 rings (SSSR count). The first-order valence-corrected chi connectivity index (χ1v) is 6.12. The highest BCUT2D eigenvalue weighted by Gasteiger charge is 1.99. The van der Waals surface area contributed by atoms with Crippen LogP contribution in [0, 0.1) is 19.3 Å². The van der Waals surface area contributed by atoms with Crippen molar-refractivity contribution < 1.29 is 4.74 Å². The van der Waals surface area contributed by atoms with Crippen molar-refractivity contribution in [3.05, 3.63) is 64.7 Å². The van der Waals surface area contributed by atoms with Gasteiger partial charge in [-0.1, -0.05) is 54.0 Å². The lowest BCUT2D eigenvalue weighted by atomic mass is 10.1. The summed E-state index contributed by atoms with van der Waals surface area (Å²) >= 11 is 0. The van der Waals surface area contributed by atoms with Crippen molar-refractivity contribution in [2.45, 2.75) is 6.92 Å². The Morgan fingerprint density at radius 1 is 1.05 bits per heavy atom. The smallest absolute Gasteiger partial charge is 0.120 e. The quantitative estimate of drug-likeness (QED) is 0.585. The molecule has 0 heterocycles. The van der Waals surface area contributed by atoms with Gasteiger partial charge in [0, 0.05) is 5.56 Å². The van der Waals surface area contributed by atoms with E-state index in [0.29, 0.717) is 0 Å². The second-order valence-corrected chi connectivity index (χ2v) is 4.34. The van der Waals surface area contributed by atoms with Crippen LogP contribution in [0.3, 0.4) is 0 Å². The molecular formula is C18H16O. The van der Waals surface area contributed by atoms with E-state index in [9.17, 15) is 0 Å². The largest absolute Gasteiger partial charge is 0.497 e. The molecular weight excluding hydrogens is 232 g/mol. The van der Waals surface area contributed by atoms with Gasteiger partial charge in [0.05, 0.1) is 7.11 Å². The van der Waals surface area contributed by atoms with Crippen LogP contribution in [-0.4, -0.2) is 7.11 Å². The number of terminal acetylenes is 1. The Hall–Kier alpha value is -2.46. The molecule has 1 nitrogen and oxygen atoms in total. The SMILES string of the molecule is C#Cc1cc(OC)ccc1C=Cc1ccc(C)cc1. The Labute approximate surface area is 114 Å². The molecule has 1 heteroatoms. The van der Waals surface area contributed by atoms with E-state index in [2.05, 4.69) is 43.2 Å². The van der Waals surface area contributed by atoms with Gasteiger partial charge in [-0.3, -0.25) is 0 Å². The second-order valence-electron chi connectivity index (χ2n) is 4.34. The van der Waals surface area contributed by atoms with Crippen LogP contribution in [0.5, 0.6) is 5.75 Å². The number of rotatable bonds is 3. The zero-order valence-corrected chi connectivity index (χ0v) is 11.2. The van der Waals surface area contributed by atoms with Crippen LogP contribution in [0.2, 0.25) is 0 Å². The van der Waals surface area contributed by atoms with Gasteiger partial charge in [-0.25, -0.2) is 0 Å². The van der Waals surface area contributed by atoms with E-state index in [4.69, 9.17) is 11.2 Å². The lowest BCUT2D eigenvalue weighted by Crippen LogP contribution is -1.87. The Morgan fingerprint density at radius 3 is 2.42 bits per heavy atom. The molecule has 2 aromatic rings. The first-order chi connectivity index (χ1) is 9.22. The molecule has 94 valence electrons. The predicted molar refractivity (Wildman–Crippen MR) is 81.0 cm³/mol.